The van der Waals surface area contributed by atoms with E-state index < -0.39 is 0 Å². The van der Waals surface area contributed by atoms with E-state index >= 15 is 0 Å². The Morgan fingerprint density at radius 1 is 1.27 bits per heavy atom. The summed E-state index contributed by atoms with van der Waals surface area (Å²) in [5, 5.41) is 31.5. The molecular weight excluding hydrogens is 380 g/mol. The molecule has 0 atom stereocenters. The zero-order valence-electron chi connectivity index (χ0n) is 17.6. The first kappa shape index (κ1) is 21.5. The Morgan fingerprint density at radius 2 is 2.07 bits per heavy atom. The fourth-order valence-corrected chi connectivity index (χ4v) is 3.69. The highest BCUT2D eigenvalue weighted by Crippen LogP contribution is 2.21. The third kappa shape index (κ3) is 5.05. The lowest BCUT2D eigenvalue weighted by atomic mass is 10.1. The standard InChI is InChI=1S/C22H28N6O2/c1-3-16-9-6-7-10-18(16)24-21(30)15-27(2)14-19(29)17(13-23)22-26-25-20-11-5-4-8-12-28(20)22/h6-7,9-10,29H,3-5,8,11-12,14-15H2,1-2H3,(H,24,30)/b19-17-. The minimum absolute atomic E-state index is 0.0634. The van der Waals surface area contributed by atoms with E-state index in [1.165, 1.54) is 0 Å². The molecule has 0 unspecified atom stereocenters. The van der Waals surface area contributed by atoms with E-state index in [9.17, 15) is 15.2 Å². The lowest BCUT2D eigenvalue weighted by molar-refractivity contribution is -0.117. The van der Waals surface area contributed by atoms with Crippen LogP contribution < -0.4 is 5.32 Å². The van der Waals surface area contributed by atoms with Crippen molar-refractivity contribution >= 4 is 17.2 Å². The number of benzene rings is 1. The minimum Gasteiger partial charge on any atom is -0.509 e. The number of aryl methyl sites for hydroxylation is 2. The highest BCUT2D eigenvalue weighted by atomic mass is 16.3. The maximum Gasteiger partial charge on any atom is 0.238 e. The molecule has 1 aromatic heterocycles. The molecule has 0 saturated heterocycles. The van der Waals surface area contributed by atoms with Crippen LogP contribution in [0.25, 0.3) is 5.57 Å². The summed E-state index contributed by atoms with van der Waals surface area (Å²) >= 11 is 0. The van der Waals surface area contributed by atoms with Crippen LogP contribution in [0, 0.1) is 11.3 Å². The molecule has 1 aliphatic rings. The molecule has 0 bridgehead atoms. The molecule has 1 aromatic carbocycles. The molecule has 0 spiro atoms. The summed E-state index contributed by atoms with van der Waals surface area (Å²) in [6, 6.07) is 9.75. The Bertz CT molecular complexity index is 972. The van der Waals surface area contributed by atoms with Gasteiger partial charge in [0.2, 0.25) is 5.91 Å². The Morgan fingerprint density at radius 3 is 2.83 bits per heavy atom. The molecule has 3 rings (SSSR count). The molecule has 2 N–H and O–H groups in total. The van der Waals surface area contributed by atoms with Gasteiger partial charge in [0.25, 0.3) is 0 Å². The van der Waals surface area contributed by atoms with E-state index in [0.29, 0.717) is 5.82 Å². The number of aliphatic hydroxyl groups excluding tert-OH is 1. The summed E-state index contributed by atoms with van der Waals surface area (Å²) in [5.41, 5.74) is 1.97. The molecule has 2 aromatic rings. The van der Waals surface area contributed by atoms with Crippen molar-refractivity contribution in [3.8, 4) is 6.07 Å². The van der Waals surface area contributed by atoms with Crippen LogP contribution in [0.15, 0.2) is 30.0 Å². The van der Waals surface area contributed by atoms with Crippen LogP contribution in [-0.2, 0) is 24.2 Å². The number of hydrogen-bond acceptors (Lipinski definition) is 6. The number of allylic oxidation sites excluding steroid dienone is 1. The highest BCUT2D eigenvalue weighted by molar-refractivity contribution is 5.93. The van der Waals surface area contributed by atoms with E-state index in [2.05, 4.69) is 21.6 Å². The normalized spacial score (nSPS) is 14.5. The van der Waals surface area contributed by atoms with Crippen LogP contribution in [0.3, 0.4) is 0 Å². The van der Waals surface area contributed by atoms with Gasteiger partial charge >= 0.3 is 0 Å². The van der Waals surface area contributed by atoms with E-state index in [1.54, 1.807) is 11.9 Å². The first-order valence-electron chi connectivity index (χ1n) is 10.3. The van der Waals surface area contributed by atoms with Gasteiger partial charge in [-0.05, 0) is 37.9 Å². The van der Waals surface area contributed by atoms with Crippen LogP contribution in [0.1, 0.15) is 43.4 Å². The monoisotopic (exact) mass is 408 g/mol. The second kappa shape index (κ2) is 10.0. The number of carbonyl (C=O) groups is 1. The minimum atomic E-state index is -0.180. The van der Waals surface area contributed by atoms with Gasteiger partial charge in [0.15, 0.2) is 5.82 Å². The van der Waals surface area contributed by atoms with E-state index in [4.69, 9.17) is 0 Å². The molecule has 1 aliphatic heterocycles. The van der Waals surface area contributed by atoms with Crippen molar-refractivity contribution in [1.29, 1.82) is 5.26 Å². The second-order valence-electron chi connectivity index (χ2n) is 7.57. The third-order valence-electron chi connectivity index (χ3n) is 5.24. The van der Waals surface area contributed by atoms with Crippen LogP contribution in [0.5, 0.6) is 0 Å². The van der Waals surface area contributed by atoms with E-state index in [1.807, 2.05) is 35.8 Å². The van der Waals surface area contributed by atoms with Crippen LogP contribution in [0.4, 0.5) is 5.69 Å². The van der Waals surface area contributed by atoms with Gasteiger partial charge in [-0.25, -0.2) is 0 Å². The highest BCUT2D eigenvalue weighted by Gasteiger charge is 2.21. The molecule has 8 nitrogen and oxygen atoms in total. The zero-order valence-corrected chi connectivity index (χ0v) is 17.6. The van der Waals surface area contributed by atoms with Crippen LogP contribution in [-0.4, -0.2) is 50.8 Å². The van der Waals surface area contributed by atoms with Gasteiger partial charge in [-0.3, -0.25) is 9.69 Å². The number of hydrogen-bond donors (Lipinski definition) is 2. The number of likely N-dealkylation sites (N-methyl/N-ethyl adjacent to an activating group) is 1. The van der Waals surface area contributed by atoms with Crippen molar-refractivity contribution in [3.05, 3.63) is 47.2 Å². The van der Waals surface area contributed by atoms with Gasteiger partial charge in [-0.1, -0.05) is 31.5 Å². The fourth-order valence-electron chi connectivity index (χ4n) is 3.69. The van der Waals surface area contributed by atoms with Crippen LogP contribution >= 0.6 is 0 Å². The number of nitrogens with one attached hydrogen (secondary N) is 1. The SMILES string of the molecule is CCc1ccccc1NC(=O)CN(C)C/C(O)=C(\C#N)c1nnc2n1CCCCC2. The fraction of sp³-hybridized carbons (Fsp3) is 0.455. The molecule has 158 valence electrons. The number of aliphatic hydroxyl groups is 1. The van der Waals surface area contributed by atoms with Gasteiger partial charge < -0.3 is 15.0 Å². The summed E-state index contributed by atoms with van der Waals surface area (Å²) in [6.45, 7) is 2.92. The van der Waals surface area contributed by atoms with Gasteiger partial charge in [-0.15, -0.1) is 10.2 Å². The van der Waals surface area contributed by atoms with Crippen molar-refractivity contribution < 1.29 is 9.90 Å². The molecule has 0 aliphatic carbocycles. The summed E-state index contributed by atoms with van der Waals surface area (Å²) in [4.78, 5) is 14.1. The number of nitriles is 1. The predicted octanol–water partition coefficient (Wildman–Crippen LogP) is 2.93. The molecule has 1 amide bonds. The number of anilines is 1. The predicted molar refractivity (Wildman–Crippen MR) is 115 cm³/mol. The molecule has 8 heteroatoms. The number of carbonyl (C=O) groups excluding carboxylic acids is 1. The summed E-state index contributed by atoms with van der Waals surface area (Å²) < 4.78 is 1.93. The number of aromatic nitrogens is 3. The summed E-state index contributed by atoms with van der Waals surface area (Å²) in [6.07, 6.45) is 4.81. The lowest BCUT2D eigenvalue weighted by Crippen LogP contribution is -2.32. The van der Waals surface area contributed by atoms with Gasteiger partial charge in [0.1, 0.15) is 23.2 Å². The summed E-state index contributed by atoms with van der Waals surface area (Å²) in [5.74, 6) is 0.967. The van der Waals surface area contributed by atoms with Gasteiger partial charge in [0, 0.05) is 18.7 Å². The van der Waals surface area contributed by atoms with Crippen molar-refractivity contribution in [2.75, 3.05) is 25.5 Å². The quantitative estimate of drug-likeness (QED) is 0.539. The first-order chi connectivity index (χ1) is 14.5. The van der Waals surface area contributed by atoms with Crippen molar-refractivity contribution in [2.24, 2.45) is 0 Å². The molecule has 30 heavy (non-hydrogen) atoms. The van der Waals surface area contributed by atoms with Crippen molar-refractivity contribution in [2.45, 2.75) is 45.6 Å². The Kier molecular flexibility index (Phi) is 7.20. The molecular formula is C22H28N6O2. The van der Waals surface area contributed by atoms with Crippen LogP contribution in [0.2, 0.25) is 0 Å². The average molecular weight is 409 g/mol. The smallest absolute Gasteiger partial charge is 0.238 e. The maximum atomic E-state index is 12.4. The number of para-hydroxylation sites is 1. The topological polar surface area (TPSA) is 107 Å². The Labute approximate surface area is 176 Å². The number of amides is 1. The Hall–Kier alpha value is -3.18. The molecule has 0 saturated carbocycles. The van der Waals surface area contributed by atoms with Crippen molar-refractivity contribution in [1.82, 2.24) is 19.7 Å². The van der Waals surface area contributed by atoms with E-state index in [-0.39, 0.29) is 30.3 Å². The van der Waals surface area contributed by atoms with Crippen molar-refractivity contribution in [3.63, 3.8) is 0 Å². The lowest BCUT2D eigenvalue weighted by Gasteiger charge is -2.17. The zero-order chi connectivity index (χ0) is 21.5. The average Bonchev–Trinajstić information content (AvgIpc) is 2.96. The molecule has 0 radical (unpaired) electrons. The maximum absolute atomic E-state index is 12.4. The molecule has 2 heterocycles. The van der Waals surface area contributed by atoms with E-state index in [0.717, 1.165) is 55.7 Å². The van der Waals surface area contributed by atoms with Gasteiger partial charge in [-0.2, -0.15) is 5.26 Å². The first-order valence-corrected chi connectivity index (χ1v) is 10.3. The summed E-state index contributed by atoms with van der Waals surface area (Å²) in [7, 11) is 1.72. The number of nitrogens with zero attached hydrogens (tertiary/aromatic N) is 5. The number of fused-ring (bicyclic) bond motifs is 1. The Balaban J connectivity index is 1.68. The largest absolute Gasteiger partial charge is 0.509 e. The molecule has 0 fully saturated rings. The van der Waals surface area contributed by atoms with Gasteiger partial charge in [0.05, 0.1) is 13.1 Å². The third-order valence-corrected chi connectivity index (χ3v) is 5.24. The number of rotatable bonds is 7. The second-order valence-corrected chi connectivity index (χ2v) is 7.57.